The molecule has 0 unspecified atom stereocenters. The zero-order chi connectivity index (χ0) is 23.5. The van der Waals surface area contributed by atoms with Gasteiger partial charge in [-0.3, -0.25) is 9.78 Å². The molecule has 0 bridgehead atoms. The van der Waals surface area contributed by atoms with E-state index in [1.54, 1.807) is 12.4 Å². The van der Waals surface area contributed by atoms with Crippen LogP contribution >= 0.6 is 23.2 Å². The molecular weight excluding hydrogens is 457 g/mol. The van der Waals surface area contributed by atoms with Crippen LogP contribution in [0.2, 0.25) is 10.0 Å². The Labute approximate surface area is 203 Å². The van der Waals surface area contributed by atoms with Gasteiger partial charge in [0.1, 0.15) is 11.4 Å². The quantitative estimate of drug-likeness (QED) is 0.308. The molecule has 1 amide bonds. The second-order valence-electron chi connectivity index (χ2n) is 8.10. The van der Waals surface area contributed by atoms with E-state index in [1.165, 1.54) is 0 Å². The Kier molecular flexibility index (Phi) is 6.91. The van der Waals surface area contributed by atoms with Gasteiger partial charge in [-0.2, -0.15) is 0 Å². The monoisotopic (exact) mass is 481 g/mol. The lowest BCUT2D eigenvalue weighted by Crippen LogP contribution is -2.19. The van der Waals surface area contributed by atoms with Crippen LogP contribution in [0.3, 0.4) is 0 Å². The molecular formula is C26H25Cl2N3O2. The van der Waals surface area contributed by atoms with Crippen molar-refractivity contribution in [2.24, 2.45) is 5.73 Å². The van der Waals surface area contributed by atoms with E-state index >= 15 is 0 Å². The predicted molar refractivity (Wildman–Crippen MR) is 134 cm³/mol. The van der Waals surface area contributed by atoms with Gasteiger partial charge < -0.3 is 15.0 Å². The van der Waals surface area contributed by atoms with Crippen molar-refractivity contribution in [1.82, 2.24) is 9.55 Å². The van der Waals surface area contributed by atoms with E-state index in [0.29, 0.717) is 36.7 Å². The van der Waals surface area contributed by atoms with Gasteiger partial charge in [0.2, 0.25) is 0 Å². The van der Waals surface area contributed by atoms with Gasteiger partial charge in [0.05, 0.1) is 17.1 Å². The lowest BCUT2D eigenvalue weighted by molar-refractivity contribution is 0.0991. The summed E-state index contributed by atoms with van der Waals surface area (Å²) in [4.78, 5) is 16.8. The summed E-state index contributed by atoms with van der Waals surface area (Å²) >= 11 is 12.8. The van der Waals surface area contributed by atoms with Crippen LogP contribution < -0.4 is 10.5 Å². The zero-order valence-electron chi connectivity index (χ0n) is 18.6. The number of benzene rings is 2. The van der Waals surface area contributed by atoms with Crippen LogP contribution in [0, 0.1) is 13.8 Å². The first-order chi connectivity index (χ1) is 15.9. The molecule has 7 heteroatoms. The molecule has 2 aromatic carbocycles. The third-order valence-electron chi connectivity index (χ3n) is 5.69. The van der Waals surface area contributed by atoms with Crippen molar-refractivity contribution in [3.8, 4) is 5.75 Å². The maximum absolute atomic E-state index is 12.6. The smallest absolute Gasteiger partial charge is 0.265 e. The fourth-order valence-electron chi connectivity index (χ4n) is 4.23. The van der Waals surface area contributed by atoms with Crippen molar-refractivity contribution in [1.29, 1.82) is 0 Å². The summed E-state index contributed by atoms with van der Waals surface area (Å²) in [5.41, 5.74) is 11.0. The molecule has 0 saturated heterocycles. The Morgan fingerprint density at radius 1 is 1.12 bits per heavy atom. The van der Waals surface area contributed by atoms with E-state index in [0.717, 1.165) is 43.9 Å². The van der Waals surface area contributed by atoms with E-state index in [9.17, 15) is 4.79 Å². The molecule has 0 aliphatic heterocycles. The highest BCUT2D eigenvalue weighted by molar-refractivity contribution is 6.36. The van der Waals surface area contributed by atoms with Crippen molar-refractivity contribution >= 4 is 40.0 Å². The number of primary amides is 1. The summed E-state index contributed by atoms with van der Waals surface area (Å²) in [6.07, 6.45) is 4.80. The summed E-state index contributed by atoms with van der Waals surface area (Å²) in [6, 6.07) is 13.4. The van der Waals surface area contributed by atoms with Gasteiger partial charge >= 0.3 is 0 Å². The summed E-state index contributed by atoms with van der Waals surface area (Å²) in [6.45, 7) is 4.88. The van der Waals surface area contributed by atoms with Crippen LogP contribution in [0.1, 0.15) is 39.2 Å². The fourth-order valence-corrected chi connectivity index (χ4v) is 4.62. The largest absolute Gasteiger partial charge is 0.494 e. The first-order valence-corrected chi connectivity index (χ1v) is 11.5. The van der Waals surface area contributed by atoms with Crippen LogP contribution in [-0.4, -0.2) is 22.1 Å². The first kappa shape index (κ1) is 23.1. The van der Waals surface area contributed by atoms with E-state index < -0.39 is 5.91 Å². The van der Waals surface area contributed by atoms with Gasteiger partial charge in [0, 0.05) is 29.3 Å². The molecule has 0 radical (unpaired) electrons. The van der Waals surface area contributed by atoms with Gasteiger partial charge in [0.15, 0.2) is 0 Å². The van der Waals surface area contributed by atoms with Gasteiger partial charge in [0.25, 0.3) is 5.91 Å². The molecule has 2 heterocycles. The van der Waals surface area contributed by atoms with Gasteiger partial charge in [-0.05, 0) is 79.3 Å². The summed E-state index contributed by atoms with van der Waals surface area (Å²) in [5.74, 6) is 0.299. The number of amides is 1. The Hall–Kier alpha value is -3.02. The standard InChI is InChI=1S/C26H25Cl2N3O2/c1-16-12-19(13-17(2)24(16)28)33-11-5-7-20-23-21(27)8-3-9-22(23)31(25(20)26(29)32)15-18-6-4-10-30-14-18/h3-4,6,8-10,12-14H,5,7,11,15H2,1-2H3,(H2,29,32). The number of pyridine rings is 1. The molecule has 2 N–H and O–H groups in total. The minimum Gasteiger partial charge on any atom is -0.494 e. The van der Waals surface area contributed by atoms with E-state index in [2.05, 4.69) is 4.98 Å². The maximum Gasteiger partial charge on any atom is 0.265 e. The Morgan fingerprint density at radius 2 is 1.88 bits per heavy atom. The average Bonchev–Trinajstić information content (AvgIpc) is 3.10. The molecule has 0 fully saturated rings. The molecule has 5 nitrogen and oxygen atoms in total. The van der Waals surface area contributed by atoms with Gasteiger partial charge in [-0.1, -0.05) is 35.3 Å². The van der Waals surface area contributed by atoms with Crippen LogP contribution in [-0.2, 0) is 13.0 Å². The zero-order valence-corrected chi connectivity index (χ0v) is 20.1. The van der Waals surface area contributed by atoms with Crippen molar-refractivity contribution in [2.45, 2.75) is 33.2 Å². The lowest BCUT2D eigenvalue weighted by atomic mass is 10.1. The van der Waals surface area contributed by atoms with Gasteiger partial charge in [-0.15, -0.1) is 0 Å². The molecule has 4 aromatic rings. The Morgan fingerprint density at radius 3 is 2.55 bits per heavy atom. The number of aryl methyl sites for hydroxylation is 3. The van der Waals surface area contributed by atoms with E-state index in [4.69, 9.17) is 33.7 Å². The average molecular weight is 482 g/mol. The third kappa shape index (κ3) is 4.85. The van der Waals surface area contributed by atoms with Crippen LogP contribution in [0.15, 0.2) is 54.9 Å². The number of hydrogen-bond acceptors (Lipinski definition) is 3. The number of nitrogens with two attached hydrogens (primary N) is 1. The van der Waals surface area contributed by atoms with Crippen molar-refractivity contribution in [3.05, 3.63) is 92.9 Å². The fraction of sp³-hybridized carbons (Fsp3) is 0.231. The molecule has 0 spiro atoms. The topological polar surface area (TPSA) is 70.1 Å². The minimum atomic E-state index is -0.481. The lowest BCUT2D eigenvalue weighted by Gasteiger charge is -2.11. The molecule has 0 aliphatic carbocycles. The molecule has 0 aliphatic rings. The number of aromatic nitrogens is 2. The summed E-state index contributed by atoms with van der Waals surface area (Å²) < 4.78 is 7.90. The molecule has 170 valence electrons. The van der Waals surface area contributed by atoms with Crippen molar-refractivity contribution in [3.63, 3.8) is 0 Å². The predicted octanol–water partition coefficient (Wildman–Crippen LogP) is 6.12. The van der Waals surface area contributed by atoms with Crippen molar-refractivity contribution < 1.29 is 9.53 Å². The number of halogens is 2. The molecule has 2 aromatic heterocycles. The van der Waals surface area contributed by atoms with Gasteiger partial charge in [-0.25, -0.2) is 0 Å². The molecule has 0 atom stereocenters. The number of hydrogen-bond donors (Lipinski definition) is 1. The Bertz CT molecular complexity index is 1290. The number of nitrogens with zero attached hydrogens (tertiary/aromatic N) is 2. The highest BCUT2D eigenvalue weighted by atomic mass is 35.5. The normalized spacial score (nSPS) is 11.2. The minimum absolute atomic E-state index is 0.472. The molecule has 0 saturated carbocycles. The second-order valence-corrected chi connectivity index (χ2v) is 8.88. The van der Waals surface area contributed by atoms with Crippen LogP contribution in [0.4, 0.5) is 0 Å². The summed E-state index contributed by atoms with van der Waals surface area (Å²) in [5, 5.41) is 2.21. The van der Waals surface area contributed by atoms with E-state index in [-0.39, 0.29) is 0 Å². The molecule has 4 rings (SSSR count). The van der Waals surface area contributed by atoms with E-state index in [1.807, 2.05) is 60.9 Å². The van der Waals surface area contributed by atoms with Crippen LogP contribution in [0.25, 0.3) is 10.9 Å². The highest BCUT2D eigenvalue weighted by Gasteiger charge is 2.22. The Balaban J connectivity index is 1.63. The third-order valence-corrected chi connectivity index (χ3v) is 6.60. The highest BCUT2D eigenvalue weighted by Crippen LogP contribution is 2.34. The number of rotatable bonds is 8. The molecule has 33 heavy (non-hydrogen) atoms. The number of carbonyl (C=O) groups is 1. The SMILES string of the molecule is Cc1cc(OCCCc2c(C(N)=O)n(Cc3cccnc3)c3cccc(Cl)c23)cc(C)c1Cl. The number of ether oxygens (including phenoxy) is 1. The number of carbonyl (C=O) groups excluding carboxylic acids is 1. The maximum atomic E-state index is 12.6. The van der Waals surface area contributed by atoms with Crippen molar-refractivity contribution in [2.75, 3.05) is 6.61 Å². The first-order valence-electron chi connectivity index (χ1n) is 10.7. The summed E-state index contributed by atoms with van der Waals surface area (Å²) in [7, 11) is 0. The van der Waals surface area contributed by atoms with Crippen LogP contribution in [0.5, 0.6) is 5.75 Å². The number of fused-ring (bicyclic) bond motifs is 1. The second kappa shape index (κ2) is 9.86.